The average molecular weight is 347 g/mol. The van der Waals surface area contributed by atoms with E-state index in [9.17, 15) is 10.1 Å². The van der Waals surface area contributed by atoms with E-state index >= 15 is 0 Å². The van der Waals surface area contributed by atoms with Crippen LogP contribution in [-0.4, -0.2) is 23.0 Å². The third-order valence-electron chi connectivity index (χ3n) is 3.78. The quantitative estimate of drug-likeness (QED) is 0.470. The minimum atomic E-state index is -0.446. The molecule has 0 aliphatic heterocycles. The summed E-state index contributed by atoms with van der Waals surface area (Å²) in [6, 6.07) is 14.8. The van der Waals surface area contributed by atoms with Gasteiger partial charge in [-0.1, -0.05) is 12.1 Å². The normalized spacial score (nSPS) is 11.0. The number of imidazole rings is 1. The van der Waals surface area contributed by atoms with Crippen LogP contribution < -0.4 is 15.4 Å². The van der Waals surface area contributed by atoms with Gasteiger partial charge in [-0.25, -0.2) is 4.98 Å². The average Bonchev–Trinajstić information content (AvgIpc) is 3.15. The molecule has 7 nitrogen and oxygen atoms in total. The molecule has 0 unspecified atom stereocenters. The van der Waals surface area contributed by atoms with Crippen molar-refractivity contribution in [2.24, 2.45) is 0 Å². The van der Waals surface area contributed by atoms with Crippen molar-refractivity contribution in [3.05, 3.63) is 66.1 Å². The third-order valence-corrected chi connectivity index (χ3v) is 3.78. The molecule has 3 aromatic rings. The van der Waals surface area contributed by atoms with Crippen molar-refractivity contribution in [3.8, 4) is 11.8 Å². The third kappa shape index (κ3) is 3.99. The van der Waals surface area contributed by atoms with Crippen molar-refractivity contribution in [1.29, 1.82) is 5.26 Å². The number of aromatic amines is 1. The summed E-state index contributed by atoms with van der Waals surface area (Å²) in [7, 11) is 1.60. The number of nitriles is 1. The molecule has 0 saturated heterocycles. The Morgan fingerprint density at radius 3 is 2.85 bits per heavy atom. The van der Waals surface area contributed by atoms with E-state index in [0.29, 0.717) is 6.54 Å². The summed E-state index contributed by atoms with van der Waals surface area (Å²) in [5.74, 6) is 0.301. The molecule has 1 aromatic heterocycles. The van der Waals surface area contributed by atoms with Gasteiger partial charge in [0.2, 0.25) is 0 Å². The lowest BCUT2D eigenvalue weighted by atomic mass is 10.2. The molecule has 0 spiro atoms. The predicted octanol–water partition coefficient (Wildman–Crippen LogP) is 2.71. The second-order valence-corrected chi connectivity index (χ2v) is 5.48. The van der Waals surface area contributed by atoms with Gasteiger partial charge in [-0.2, -0.15) is 5.26 Å². The Hall–Kier alpha value is -3.79. The van der Waals surface area contributed by atoms with E-state index in [1.54, 1.807) is 13.4 Å². The van der Waals surface area contributed by atoms with E-state index in [-0.39, 0.29) is 5.57 Å². The number of benzene rings is 2. The molecule has 0 aliphatic rings. The van der Waals surface area contributed by atoms with Gasteiger partial charge in [-0.05, 0) is 35.9 Å². The van der Waals surface area contributed by atoms with E-state index in [4.69, 9.17) is 4.74 Å². The number of amides is 1. The number of hydrogen-bond acceptors (Lipinski definition) is 5. The van der Waals surface area contributed by atoms with Crippen molar-refractivity contribution in [2.45, 2.75) is 6.54 Å². The molecular weight excluding hydrogens is 330 g/mol. The summed E-state index contributed by atoms with van der Waals surface area (Å²) in [5, 5.41) is 14.9. The lowest BCUT2D eigenvalue weighted by Crippen LogP contribution is -2.24. The van der Waals surface area contributed by atoms with Crippen LogP contribution in [0.5, 0.6) is 5.75 Å². The van der Waals surface area contributed by atoms with E-state index in [2.05, 4.69) is 20.6 Å². The van der Waals surface area contributed by atoms with Crippen molar-refractivity contribution in [2.75, 3.05) is 12.4 Å². The van der Waals surface area contributed by atoms with Crippen LogP contribution in [0.3, 0.4) is 0 Å². The standard InChI is InChI=1S/C19H17N5O2/c1-26-16-5-2-13(3-6-16)10-22-19(25)14(9-20)11-21-15-4-7-17-18(8-15)24-12-23-17/h2-8,11-12,21H,10H2,1H3,(H,22,25)(H,23,24)/b14-11-. The first kappa shape index (κ1) is 17.0. The van der Waals surface area contributed by atoms with Crippen LogP contribution in [0.1, 0.15) is 5.56 Å². The second kappa shape index (κ2) is 7.85. The molecule has 0 saturated carbocycles. The van der Waals surface area contributed by atoms with Gasteiger partial charge < -0.3 is 20.4 Å². The maximum atomic E-state index is 12.2. The van der Waals surface area contributed by atoms with Gasteiger partial charge in [0, 0.05) is 18.4 Å². The van der Waals surface area contributed by atoms with Crippen LogP contribution in [-0.2, 0) is 11.3 Å². The SMILES string of the molecule is COc1ccc(CNC(=O)/C(C#N)=C\Nc2ccc3nc[nH]c3c2)cc1. The highest BCUT2D eigenvalue weighted by molar-refractivity contribution is 5.97. The van der Waals surface area contributed by atoms with Crippen molar-refractivity contribution in [1.82, 2.24) is 15.3 Å². The predicted molar refractivity (Wildman–Crippen MR) is 98.3 cm³/mol. The molecule has 0 bridgehead atoms. The van der Waals surface area contributed by atoms with Crippen LogP contribution in [0.25, 0.3) is 11.0 Å². The molecule has 0 fully saturated rings. The van der Waals surface area contributed by atoms with Gasteiger partial charge in [0.1, 0.15) is 17.4 Å². The fraction of sp³-hybridized carbons (Fsp3) is 0.105. The number of fused-ring (bicyclic) bond motifs is 1. The summed E-state index contributed by atoms with van der Waals surface area (Å²) in [4.78, 5) is 19.3. The van der Waals surface area contributed by atoms with Gasteiger partial charge in [-0.3, -0.25) is 4.79 Å². The van der Waals surface area contributed by atoms with E-state index in [1.807, 2.05) is 48.5 Å². The number of carbonyl (C=O) groups is 1. The van der Waals surface area contributed by atoms with Gasteiger partial charge in [0.25, 0.3) is 5.91 Å². The number of carbonyl (C=O) groups excluding carboxylic acids is 1. The zero-order chi connectivity index (χ0) is 18.4. The topological polar surface area (TPSA) is 103 Å². The number of methoxy groups -OCH3 is 1. The maximum absolute atomic E-state index is 12.2. The highest BCUT2D eigenvalue weighted by Crippen LogP contribution is 2.16. The molecule has 1 amide bonds. The maximum Gasteiger partial charge on any atom is 0.263 e. The van der Waals surface area contributed by atoms with Crippen LogP contribution in [0.15, 0.2) is 60.6 Å². The lowest BCUT2D eigenvalue weighted by Gasteiger charge is -2.06. The molecule has 26 heavy (non-hydrogen) atoms. The van der Waals surface area contributed by atoms with E-state index in [0.717, 1.165) is 28.0 Å². The number of nitrogens with one attached hydrogen (secondary N) is 3. The second-order valence-electron chi connectivity index (χ2n) is 5.48. The molecule has 2 aromatic carbocycles. The van der Waals surface area contributed by atoms with E-state index in [1.165, 1.54) is 6.20 Å². The first-order valence-electron chi connectivity index (χ1n) is 7.90. The highest BCUT2D eigenvalue weighted by atomic mass is 16.5. The number of H-pyrrole nitrogens is 1. The highest BCUT2D eigenvalue weighted by Gasteiger charge is 2.08. The molecule has 1 heterocycles. The molecular formula is C19H17N5O2. The first-order valence-corrected chi connectivity index (χ1v) is 7.90. The van der Waals surface area contributed by atoms with Crippen LogP contribution in [0.2, 0.25) is 0 Å². The molecule has 3 rings (SSSR count). The van der Waals surface area contributed by atoms with Crippen LogP contribution in [0.4, 0.5) is 5.69 Å². The van der Waals surface area contributed by atoms with Gasteiger partial charge in [0.05, 0.1) is 24.5 Å². The van der Waals surface area contributed by atoms with Crippen molar-refractivity contribution >= 4 is 22.6 Å². The Morgan fingerprint density at radius 1 is 1.31 bits per heavy atom. The smallest absolute Gasteiger partial charge is 0.263 e. The Morgan fingerprint density at radius 2 is 2.12 bits per heavy atom. The summed E-state index contributed by atoms with van der Waals surface area (Å²) in [6.07, 6.45) is 3.00. The Bertz CT molecular complexity index is 983. The van der Waals surface area contributed by atoms with Crippen LogP contribution in [0, 0.1) is 11.3 Å². The Labute approximate surface area is 150 Å². The zero-order valence-electron chi connectivity index (χ0n) is 14.1. The lowest BCUT2D eigenvalue weighted by molar-refractivity contribution is -0.117. The number of rotatable bonds is 6. The Balaban J connectivity index is 1.61. The van der Waals surface area contributed by atoms with E-state index < -0.39 is 5.91 Å². The molecule has 0 radical (unpaired) electrons. The fourth-order valence-corrected chi connectivity index (χ4v) is 2.35. The summed E-state index contributed by atoms with van der Waals surface area (Å²) >= 11 is 0. The number of aromatic nitrogens is 2. The Kier molecular flexibility index (Phi) is 5.15. The van der Waals surface area contributed by atoms with Crippen molar-refractivity contribution in [3.63, 3.8) is 0 Å². The number of hydrogen-bond donors (Lipinski definition) is 3. The molecule has 3 N–H and O–H groups in total. The molecule has 0 aliphatic carbocycles. The zero-order valence-corrected chi connectivity index (χ0v) is 14.1. The van der Waals surface area contributed by atoms with Crippen molar-refractivity contribution < 1.29 is 9.53 Å². The fourth-order valence-electron chi connectivity index (χ4n) is 2.35. The molecule has 0 atom stereocenters. The summed E-state index contributed by atoms with van der Waals surface area (Å²) in [6.45, 7) is 0.321. The number of nitrogens with zero attached hydrogens (tertiary/aromatic N) is 2. The van der Waals surface area contributed by atoms with Gasteiger partial charge in [0.15, 0.2) is 0 Å². The number of ether oxygens (including phenoxy) is 1. The summed E-state index contributed by atoms with van der Waals surface area (Å²) < 4.78 is 5.09. The monoisotopic (exact) mass is 347 g/mol. The number of anilines is 1. The largest absolute Gasteiger partial charge is 0.497 e. The van der Waals surface area contributed by atoms with Crippen LogP contribution >= 0.6 is 0 Å². The molecule has 130 valence electrons. The molecule has 7 heteroatoms. The first-order chi connectivity index (χ1) is 12.7. The minimum Gasteiger partial charge on any atom is -0.497 e. The van der Waals surface area contributed by atoms with Gasteiger partial charge >= 0.3 is 0 Å². The minimum absolute atomic E-state index is 0.0109. The van der Waals surface area contributed by atoms with Gasteiger partial charge in [-0.15, -0.1) is 0 Å². The summed E-state index contributed by atoms with van der Waals surface area (Å²) in [5.41, 5.74) is 3.36.